The molecule has 0 fully saturated rings. The lowest BCUT2D eigenvalue weighted by Gasteiger charge is -2.02. The van der Waals surface area contributed by atoms with E-state index in [1.807, 2.05) is 0 Å². The van der Waals surface area contributed by atoms with Gasteiger partial charge in [0.25, 0.3) is 5.91 Å². The van der Waals surface area contributed by atoms with Crippen molar-refractivity contribution in [1.29, 1.82) is 0 Å². The summed E-state index contributed by atoms with van der Waals surface area (Å²) in [6.07, 6.45) is 0.852. The van der Waals surface area contributed by atoms with Gasteiger partial charge in [-0.05, 0) is 31.2 Å². The number of aliphatic hydroxyl groups is 1. The molecule has 2 N–H and O–H groups in total. The van der Waals surface area contributed by atoms with Gasteiger partial charge in [0.15, 0.2) is 0 Å². The zero-order valence-electron chi connectivity index (χ0n) is 11.9. The van der Waals surface area contributed by atoms with Crippen molar-refractivity contribution in [3.05, 3.63) is 40.9 Å². The number of hydrogen-bond donors (Lipinski definition) is 2. The maximum absolute atomic E-state index is 11.7. The van der Waals surface area contributed by atoms with Gasteiger partial charge in [-0.2, -0.15) is 0 Å². The van der Waals surface area contributed by atoms with Gasteiger partial charge in [0.05, 0.1) is 7.11 Å². The number of aromatic nitrogens is 2. The molecule has 0 spiro atoms. The summed E-state index contributed by atoms with van der Waals surface area (Å²) in [7, 11) is 1.52. The normalized spacial score (nSPS) is 11.1. The van der Waals surface area contributed by atoms with Crippen molar-refractivity contribution < 1.29 is 19.4 Å². The van der Waals surface area contributed by atoms with Crippen molar-refractivity contribution in [1.82, 2.24) is 10.2 Å². The monoisotopic (exact) mass is 319 g/mol. The number of ketones is 1. The molecule has 22 heavy (non-hydrogen) atoms. The molecular weight excluding hydrogens is 306 g/mol. The molecule has 0 aliphatic carbocycles. The maximum Gasteiger partial charge on any atom is 0.298 e. The predicted octanol–water partition coefficient (Wildman–Crippen LogP) is 1.96. The summed E-state index contributed by atoms with van der Waals surface area (Å²) in [5.74, 6) is -1.47. The Morgan fingerprint density at radius 1 is 1.27 bits per heavy atom. The lowest BCUT2D eigenvalue weighted by molar-refractivity contribution is -0.131. The smallest absolute Gasteiger partial charge is 0.298 e. The second kappa shape index (κ2) is 6.81. The molecule has 0 aliphatic rings. The molecule has 7 nitrogen and oxygen atoms in total. The molecule has 0 aliphatic heterocycles. The van der Waals surface area contributed by atoms with E-state index in [4.69, 9.17) is 4.74 Å². The standard InChI is InChI=1S/C14H13N3O4S/c1-8-16-17-14(22-8)15-13(20)12(19)7-11(18)9-3-5-10(21-2)6-4-9/h3-7,18H,1-2H3,(H,15,17,20)/b11-7-. The van der Waals surface area contributed by atoms with Crippen molar-refractivity contribution in [2.45, 2.75) is 6.92 Å². The molecule has 1 heterocycles. The lowest BCUT2D eigenvalue weighted by atomic mass is 10.1. The first-order valence-corrected chi connectivity index (χ1v) is 7.01. The minimum Gasteiger partial charge on any atom is -0.507 e. The zero-order chi connectivity index (χ0) is 16.1. The average Bonchev–Trinajstić information content (AvgIpc) is 2.92. The molecule has 2 rings (SSSR count). The maximum atomic E-state index is 11.7. The van der Waals surface area contributed by atoms with Gasteiger partial charge < -0.3 is 9.84 Å². The van der Waals surface area contributed by atoms with E-state index in [9.17, 15) is 14.7 Å². The van der Waals surface area contributed by atoms with Crippen molar-refractivity contribution in [2.75, 3.05) is 12.4 Å². The highest BCUT2D eigenvalue weighted by molar-refractivity contribution is 7.15. The first kappa shape index (κ1) is 15.6. The summed E-state index contributed by atoms with van der Waals surface area (Å²) in [6.45, 7) is 1.73. The third-order valence-corrected chi connectivity index (χ3v) is 3.38. The van der Waals surface area contributed by atoms with Gasteiger partial charge in [0, 0.05) is 11.6 Å². The minimum atomic E-state index is -0.892. The number of aryl methyl sites for hydroxylation is 1. The van der Waals surface area contributed by atoms with Crippen LogP contribution in [0.15, 0.2) is 30.3 Å². The van der Waals surface area contributed by atoms with E-state index in [1.54, 1.807) is 31.2 Å². The fourth-order valence-electron chi connectivity index (χ4n) is 1.54. The molecular formula is C14H13N3O4S. The molecule has 0 saturated heterocycles. The molecule has 1 amide bonds. The highest BCUT2D eigenvalue weighted by Gasteiger charge is 2.15. The van der Waals surface area contributed by atoms with Crippen molar-refractivity contribution in [2.24, 2.45) is 0 Å². The Morgan fingerprint density at radius 2 is 1.95 bits per heavy atom. The van der Waals surface area contributed by atoms with Gasteiger partial charge >= 0.3 is 0 Å². The number of amides is 1. The summed E-state index contributed by atoms with van der Waals surface area (Å²) in [4.78, 5) is 23.4. The van der Waals surface area contributed by atoms with E-state index < -0.39 is 11.7 Å². The number of aliphatic hydroxyl groups excluding tert-OH is 1. The van der Waals surface area contributed by atoms with E-state index in [-0.39, 0.29) is 10.9 Å². The number of nitrogens with one attached hydrogen (secondary N) is 1. The number of carbonyl (C=O) groups excluding carboxylic acids is 2. The number of methoxy groups -OCH3 is 1. The number of rotatable bonds is 5. The number of benzene rings is 1. The molecule has 0 atom stereocenters. The fourth-order valence-corrected chi connectivity index (χ4v) is 2.13. The Balaban J connectivity index is 2.06. The molecule has 1 aromatic carbocycles. The summed E-state index contributed by atoms with van der Waals surface area (Å²) in [5.41, 5.74) is 0.397. The van der Waals surface area contributed by atoms with Crippen molar-refractivity contribution in [3.63, 3.8) is 0 Å². The quantitative estimate of drug-likeness (QED) is 0.496. The molecule has 0 unspecified atom stereocenters. The van der Waals surface area contributed by atoms with E-state index in [1.165, 1.54) is 7.11 Å². The number of carbonyl (C=O) groups is 2. The molecule has 0 saturated carbocycles. The van der Waals surface area contributed by atoms with Crippen LogP contribution in [0.1, 0.15) is 10.6 Å². The highest BCUT2D eigenvalue weighted by atomic mass is 32.1. The molecule has 0 radical (unpaired) electrons. The molecule has 114 valence electrons. The van der Waals surface area contributed by atoms with Gasteiger partial charge in [-0.1, -0.05) is 11.3 Å². The Hall–Kier alpha value is -2.74. The Morgan fingerprint density at radius 3 is 2.50 bits per heavy atom. The van der Waals surface area contributed by atoms with Crippen LogP contribution in [-0.2, 0) is 9.59 Å². The fraction of sp³-hybridized carbons (Fsp3) is 0.143. The van der Waals surface area contributed by atoms with E-state index in [2.05, 4.69) is 15.5 Å². The van der Waals surface area contributed by atoms with Crippen LogP contribution in [0, 0.1) is 6.92 Å². The van der Waals surface area contributed by atoms with Crippen LogP contribution in [0.25, 0.3) is 5.76 Å². The van der Waals surface area contributed by atoms with E-state index >= 15 is 0 Å². The topological polar surface area (TPSA) is 101 Å². The summed E-state index contributed by atoms with van der Waals surface area (Å²) >= 11 is 1.15. The first-order valence-electron chi connectivity index (χ1n) is 6.20. The summed E-state index contributed by atoms with van der Waals surface area (Å²) in [6, 6.07) is 6.41. The zero-order valence-corrected chi connectivity index (χ0v) is 12.7. The largest absolute Gasteiger partial charge is 0.507 e. The minimum absolute atomic E-state index is 0.230. The summed E-state index contributed by atoms with van der Waals surface area (Å²) < 4.78 is 4.99. The third kappa shape index (κ3) is 3.89. The van der Waals surface area contributed by atoms with Crippen LogP contribution < -0.4 is 10.1 Å². The van der Waals surface area contributed by atoms with Crippen LogP contribution in [-0.4, -0.2) is 34.1 Å². The van der Waals surface area contributed by atoms with Gasteiger partial charge in [0.1, 0.15) is 16.5 Å². The molecule has 0 bridgehead atoms. The molecule has 2 aromatic rings. The number of hydrogen-bond acceptors (Lipinski definition) is 7. The van der Waals surface area contributed by atoms with Crippen molar-refractivity contribution in [3.8, 4) is 5.75 Å². The SMILES string of the molecule is COc1ccc(/C(O)=C/C(=O)C(=O)Nc2nnc(C)s2)cc1. The van der Waals surface area contributed by atoms with Gasteiger partial charge in [0.2, 0.25) is 10.9 Å². The molecule has 1 aromatic heterocycles. The second-order valence-corrected chi connectivity index (χ2v) is 5.38. The predicted molar refractivity (Wildman–Crippen MR) is 81.9 cm³/mol. The van der Waals surface area contributed by atoms with E-state index in [0.717, 1.165) is 17.4 Å². The molecule has 8 heteroatoms. The van der Waals surface area contributed by atoms with E-state index in [0.29, 0.717) is 16.3 Å². The number of anilines is 1. The van der Waals surface area contributed by atoms with Crippen LogP contribution in [0.5, 0.6) is 5.75 Å². The van der Waals surface area contributed by atoms with Gasteiger partial charge in [-0.3, -0.25) is 14.9 Å². The highest BCUT2D eigenvalue weighted by Crippen LogP contribution is 2.17. The number of nitrogens with zero attached hydrogens (tertiary/aromatic N) is 2. The average molecular weight is 319 g/mol. The van der Waals surface area contributed by atoms with Crippen LogP contribution in [0.2, 0.25) is 0 Å². The Labute approximate surface area is 130 Å². The second-order valence-electron chi connectivity index (χ2n) is 4.20. The van der Waals surface area contributed by atoms with Crippen molar-refractivity contribution >= 4 is 33.9 Å². The summed E-state index contributed by atoms with van der Waals surface area (Å²) in [5, 5.41) is 20.5. The third-order valence-electron chi connectivity index (χ3n) is 2.62. The van der Waals surface area contributed by atoms with Crippen LogP contribution in [0.4, 0.5) is 5.13 Å². The lowest BCUT2D eigenvalue weighted by Crippen LogP contribution is -2.21. The Bertz CT molecular complexity index is 722. The first-order chi connectivity index (χ1) is 10.5. The Kier molecular flexibility index (Phi) is 4.84. The van der Waals surface area contributed by atoms with Gasteiger partial charge in [-0.15, -0.1) is 10.2 Å². The van der Waals surface area contributed by atoms with Gasteiger partial charge in [-0.25, -0.2) is 0 Å². The van der Waals surface area contributed by atoms with Crippen LogP contribution >= 0.6 is 11.3 Å². The number of ether oxygens (including phenoxy) is 1. The van der Waals surface area contributed by atoms with Crippen LogP contribution in [0.3, 0.4) is 0 Å².